The highest BCUT2D eigenvalue weighted by Crippen LogP contribution is 2.37. The van der Waals surface area contributed by atoms with Gasteiger partial charge >= 0.3 is 0 Å². The second-order valence-corrected chi connectivity index (χ2v) is 10.7. The van der Waals surface area contributed by atoms with Crippen LogP contribution in [0.2, 0.25) is 0 Å². The molecule has 0 spiro atoms. The van der Waals surface area contributed by atoms with Gasteiger partial charge in [0.05, 0.1) is 21.9 Å². The van der Waals surface area contributed by atoms with Gasteiger partial charge in [-0.1, -0.05) is 36.4 Å². The Morgan fingerprint density at radius 1 is 0.839 bits per heavy atom. The molecule has 0 saturated heterocycles. The largest absolute Gasteiger partial charge is 0.256 e. The fourth-order valence-corrected chi connectivity index (χ4v) is 4.19. The van der Waals surface area contributed by atoms with E-state index in [9.17, 15) is 8.42 Å². The normalized spacial score (nSPS) is 11.9. The molecule has 31 heavy (non-hydrogen) atoms. The summed E-state index contributed by atoms with van der Waals surface area (Å²) in [4.78, 5) is 4.49. The molecule has 0 radical (unpaired) electrons. The molecular formula is C26H22N2O2S. The summed E-state index contributed by atoms with van der Waals surface area (Å²) in [5, 5.41) is 9.93. The summed E-state index contributed by atoms with van der Waals surface area (Å²) in [5.74, 6) is 0. The summed E-state index contributed by atoms with van der Waals surface area (Å²) in [7, 11) is -3.37. The lowest BCUT2D eigenvalue weighted by atomic mass is 9.92. The molecular weight excluding hydrogens is 404 g/mol. The molecule has 4 nitrogen and oxygen atoms in total. The predicted molar refractivity (Wildman–Crippen MR) is 125 cm³/mol. The molecule has 3 aromatic carbocycles. The smallest absolute Gasteiger partial charge is 0.156 e. The van der Waals surface area contributed by atoms with Crippen molar-refractivity contribution in [2.24, 2.45) is 0 Å². The van der Waals surface area contributed by atoms with Crippen LogP contribution < -0.4 is 0 Å². The molecule has 0 fully saturated rings. The highest BCUT2D eigenvalue weighted by molar-refractivity contribution is 7.91. The second-order valence-electron chi connectivity index (χ2n) is 8.15. The first-order chi connectivity index (χ1) is 14.7. The SMILES string of the molecule is CC(C)(c1cc(-c2cccc(-c3ccc(C#N)cc3)c2)cc2cccnc12)S(C)(=O)=O. The molecule has 0 bridgehead atoms. The van der Waals surface area contributed by atoms with Crippen LogP contribution in [-0.2, 0) is 14.6 Å². The van der Waals surface area contributed by atoms with Gasteiger partial charge in [-0.05, 0) is 78.1 Å². The molecule has 0 amide bonds. The molecule has 0 aliphatic rings. The van der Waals surface area contributed by atoms with E-state index >= 15 is 0 Å². The van der Waals surface area contributed by atoms with Crippen LogP contribution in [0.4, 0.5) is 0 Å². The van der Waals surface area contributed by atoms with Crippen LogP contribution in [0.1, 0.15) is 25.0 Å². The van der Waals surface area contributed by atoms with Crippen molar-refractivity contribution < 1.29 is 8.42 Å². The summed E-state index contributed by atoms with van der Waals surface area (Å²) < 4.78 is 24.1. The number of sulfone groups is 1. The maximum absolute atomic E-state index is 12.6. The van der Waals surface area contributed by atoms with E-state index in [1.807, 2.05) is 54.6 Å². The van der Waals surface area contributed by atoms with Gasteiger partial charge in [-0.25, -0.2) is 8.42 Å². The molecule has 1 aromatic heterocycles. The monoisotopic (exact) mass is 426 g/mol. The van der Waals surface area contributed by atoms with E-state index in [0.29, 0.717) is 16.6 Å². The molecule has 0 saturated carbocycles. The summed E-state index contributed by atoms with van der Waals surface area (Å²) in [6.45, 7) is 3.45. The number of nitrogens with zero attached hydrogens (tertiary/aromatic N) is 2. The summed E-state index contributed by atoms with van der Waals surface area (Å²) in [5.41, 5.74) is 5.96. The van der Waals surface area contributed by atoms with Gasteiger partial charge < -0.3 is 0 Å². The number of fused-ring (bicyclic) bond motifs is 1. The maximum Gasteiger partial charge on any atom is 0.156 e. The van der Waals surface area contributed by atoms with Crippen LogP contribution >= 0.6 is 0 Å². The Balaban J connectivity index is 1.90. The predicted octanol–water partition coefficient (Wildman–Crippen LogP) is 5.72. The Kier molecular flexibility index (Phi) is 5.12. The van der Waals surface area contributed by atoms with Crippen LogP contribution in [0.3, 0.4) is 0 Å². The number of rotatable bonds is 4. The summed E-state index contributed by atoms with van der Waals surface area (Å²) in [6.07, 6.45) is 2.95. The van der Waals surface area contributed by atoms with Crippen LogP contribution in [0.15, 0.2) is 79.0 Å². The summed E-state index contributed by atoms with van der Waals surface area (Å²) >= 11 is 0. The first kappa shape index (κ1) is 20.8. The zero-order valence-electron chi connectivity index (χ0n) is 17.6. The standard InChI is InChI=1S/C26H22N2O2S/c1-26(2,31(3,29)30)24-16-23(15-22-8-5-13-28-25(22)24)21-7-4-6-20(14-21)19-11-9-18(17-27)10-12-19/h4-16H,1-3H3. The molecule has 5 heteroatoms. The molecule has 4 rings (SSSR count). The Morgan fingerprint density at radius 2 is 1.52 bits per heavy atom. The quantitative estimate of drug-likeness (QED) is 0.418. The Hall–Kier alpha value is -3.49. The Labute approximate surface area is 182 Å². The van der Waals surface area contributed by atoms with Crippen LogP contribution in [-0.4, -0.2) is 19.7 Å². The van der Waals surface area contributed by atoms with Gasteiger partial charge in [-0.3, -0.25) is 4.98 Å². The first-order valence-corrected chi connectivity index (χ1v) is 11.8. The Morgan fingerprint density at radius 3 is 2.16 bits per heavy atom. The van der Waals surface area contributed by atoms with E-state index in [2.05, 4.69) is 17.1 Å². The number of benzene rings is 3. The van der Waals surface area contributed by atoms with Gasteiger partial charge in [0.1, 0.15) is 0 Å². The van der Waals surface area contributed by atoms with E-state index < -0.39 is 14.6 Å². The molecule has 0 aliphatic carbocycles. The lowest BCUT2D eigenvalue weighted by Gasteiger charge is -2.25. The van der Waals surface area contributed by atoms with Gasteiger partial charge in [0.2, 0.25) is 0 Å². The number of hydrogen-bond acceptors (Lipinski definition) is 4. The van der Waals surface area contributed by atoms with Gasteiger partial charge in [0.25, 0.3) is 0 Å². The maximum atomic E-state index is 12.6. The molecule has 0 atom stereocenters. The third-order valence-corrected chi connectivity index (χ3v) is 7.90. The van der Waals surface area contributed by atoms with E-state index in [4.69, 9.17) is 5.26 Å². The van der Waals surface area contributed by atoms with E-state index in [0.717, 1.165) is 27.6 Å². The van der Waals surface area contributed by atoms with Crippen molar-refractivity contribution in [1.29, 1.82) is 5.26 Å². The fourth-order valence-electron chi connectivity index (χ4n) is 3.63. The highest BCUT2D eigenvalue weighted by atomic mass is 32.2. The van der Waals surface area contributed by atoms with E-state index in [-0.39, 0.29) is 0 Å². The molecule has 0 unspecified atom stereocenters. The van der Waals surface area contributed by atoms with Gasteiger partial charge in [-0.2, -0.15) is 5.26 Å². The van der Waals surface area contributed by atoms with Crippen LogP contribution in [0.25, 0.3) is 33.2 Å². The van der Waals surface area contributed by atoms with Crippen molar-refractivity contribution in [3.63, 3.8) is 0 Å². The third kappa shape index (κ3) is 3.83. The van der Waals surface area contributed by atoms with Crippen molar-refractivity contribution in [2.75, 3.05) is 6.26 Å². The van der Waals surface area contributed by atoms with Crippen LogP contribution in [0.5, 0.6) is 0 Å². The van der Waals surface area contributed by atoms with Crippen molar-refractivity contribution in [2.45, 2.75) is 18.6 Å². The Bertz CT molecular complexity index is 1430. The zero-order chi connectivity index (χ0) is 22.2. The summed E-state index contributed by atoms with van der Waals surface area (Å²) in [6, 6.07) is 25.5. The van der Waals surface area contributed by atoms with Gasteiger partial charge in [-0.15, -0.1) is 0 Å². The second kappa shape index (κ2) is 7.64. The fraction of sp³-hybridized carbons (Fsp3) is 0.154. The number of pyridine rings is 1. The van der Waals surface area contributed by atoms with Crippen molar-refractivity contribution in [3.8, 4) is 28.3 Å². The first-order valence-electron chi connectivity index (χ1n) is 9.90. The molecule has 154 valence electrons. The third-order valence-electron chi connectivity index (χ3n) is 5.82. The highest BCUT2D eigenvalue weighted by Gasteiger charge is 2.34. The van der Waals surface area contributed by atoms with Crippen LogP contribution in [0, 0.1) is 11.3 Å². The molecule has 0 aliphatic heterocycles. The topological polar surface area (TPSA) is 70.8 Å². The minimum absolute atomic E-state index is 0.620. The molecule has 4 aromatic rings. The average Bonchev–Trinajstić information content (AvgIpc) is 2.77. The van der Waals surface area contributed by atoms with Gasteiger partial charge in [0.15, 0.2) is 9.84 Å². The number of aromatic nitrogens is 1. The molecule has 1 heterocycles. The minimum atomic E-state index is -3.37. The van der Waals surface area contributed by atoms with Gasteiger partial charge in [0, 0.05) is 17.8 Å². The average molecular weight is 427 g/mol. The van der Waals surface area contributed by atoms with E-state index in [1.165, 1.54) is 6.26 Å². The lowest BCUT2D eigenvalue weighted by Crippen LogP contribution is -2.28. The molecule has 0 N–H and O–H groups in total. The zero-order valence-corrected chi connectivity index (χ0v) is 18.4. The van der Waals surface area contributed by atoms with Crippen molar-refractivity contribution in [1.82, 2.24) is 4.98 Å². The van der Waals surface area contributed by atoms with E-state index in [1.54, 1.807) is 32.2 Å². The lowest BCUT2D eigenvalue weighted by molar-refractivity contribution is 0.562. The minimum Gasteiger partial charge on any atom is -0.256 e. The van der Waals surface area contributed by atoms with Crippen molar-refractivity contribution in [3.05, 3.63) is 90.1 Å². The number of nitriles is 1. The number of hydrogen-bond donors (Lipinski definition) is 0. The van der Waals surface area contributed by atoms with Crippen molar-refractivity contribution >= 4 is 20.7 Å².